The fraction of sp³-hybridized carbons (Fsp3) is 0.500. The summed E-state index contributed by atoms with van der Waals surface area (Å²) in [5.74, 6) is -0.194. The van der Waals surface area contributed by atoms with Crippen molar-refractivity contribution in [2.75, 3.05) is 20.1 Å². The molecule has 96 valence electrons. The lowest BCUT2D eigenvalue weighted by Gasteiger charge is -2.23. The van der Waals surface area contributed by atoms with E-state index in [1.807, 2.05) is 6.07 Å². The van der Waals surface area contributed by atoms with Gasteiger partial charge in [-0.2, -0.15) is 0 Å². The van der Waals surface area contributed by atoms with Crippen LogP contribution in [0.2, 0.25) is 0 Å². The number of hydrogen-bond acceptors (Lipinski definition) is 2. The highest BCUT2D eigenvalue weighted by Crippen LogP contribution is 2.20. The molecule has 0 saturated carbocycles. The molecule has 17 heavy (non-hydrogen) atoms. The monoisotopic (exact) mass is 322 g/mol. The highest BCUT2D eigenvalue weighted by atomic mass is 79.9. The lowest BCUT2D eigenvalue weighted by molar-refractivity contribution is 0.248. The Morgan fingerprint density at radius 3 is 2.88 bits per heavy atom. The molecule has 1 aromatic rings. The molecule has 0 aromatic heterocycles. The highest BCUT2D eigenvalue weighted by molar-refractivity contribution is 9.10. The van der Waals surface area contributed by atoms with E-state index in [9.17, 15) is 4.39 Å². The molecule has 0 spiro atoms. The highest BCUT2D eigenvalue weighted by Gasteiger charge is 2.19. The summed E-state index contributed by atoms with van der Waals surface area (Å²) in [5, 5.41) is 3.35. The molecule has 0 amide bonds. The summed E-state index contributed by atoms with van der Waals surface area (Å²) in [6.45, 7) is 3.00. The minimum absolute atomic E-state index is 0. The predicted octanol–water partition coefficient (Wildman–Crippen LogP) is 2.80. The Morgan fingerprint density at radius 1 is 1.53 bits per heavy atom. The molecule has 1 atom stereocenters. The number of nitrogens with zero attached hydrogens (tertiary/aromatic N) is 1. The standard InChI is InChI=1S/C12H16BrFN2.ClH/c1-16(11-4-5-15-7-11)8-9-2-3-10(14)6-12(9)13;/h2-3,6,11,15H,4-5,7-8H2,1H3;1H. The third-order valence-electron chi connectivity index (χ3n) is 3.09. The molecule has 5 heteroatoms. The molecule has 1 heterocycles. The fourth-order valence-electron chi connectivity index (χ4n) is 2.06. The van der Waals surface area contributed by atoms with Crippen molar-refractivity contribution < 1.29 is 4.39 Å². The van der Waals surface area contributed by atoms with Crippen LogP contribution in [0.15, 0.2) is 22.7 Å². The van der Waals surface area contributed by atoms with E-state index in [4.69, 9.17) is 0 Å². The summed E-state index contributed by atoms with van der Waals surface area (Å²) in [6.07, 6.45) is 1.19. The Balaban J connectivity index is 0.00000144. The van der Waals surface area contributed by atoms with Crippen LogP contribution in [0.3, 0.4) is 0 Å². The fourth-order valence-corrected chi connectivity index (χ4v) is 2.54. The van der Waals surface area contributed by atoms with Gasteiger partial charge in [0.1, 0.15) is 5.82 Å². The SMILES string of the molecule is CN(Cc1ccc(F)cc1Br)C1CCNC1.Cl. The first-order valence-electron chi connectivity index (χ1n) is 5.51. The number of hydrogen-bond donors (Lipinski definition) is 1. The van der Waals surface area contributed by atoms with Crippen molar-refractivity contribution in [2.24, 2.45) is 0 Å². The molecule has 1 unspecified atom stereocenters. The summed E-state index contributed by atoms with van der Waals surface area (Å²) in [4.78, 5) is 2.32. The summed E-state index contributed by atoms with van der Waals surface area (Å²) in [6, 6.07) is 5.48. The second-order valence-electron chi connectivity index (χ2n) is 4.30. The van der Waals surface area contributed by atoms with Crippen molar-refractivity contribution in [2.45, 2.75) is 19.0 Å². The number of nitrogens with one attached hydrogen (secondary N) is 1. The molecular formula is C12H17BrClFN2. The van der Waals surface area contributed by atoms with Crippen LogP contribution in [-0.2, 0) is 6.54 Å². The van der Waals surface area contributed by atoms with Gasteiger partial charge >= 0.3 is 0 Å². The van der Waals surface area contributed by atoms with Crippen LogP contribution >= 0.6 is 28.3 Å². The van der Waals surface area contributed by atoms with E-state index in [2.05, 4.69) is 33.2 Å². The Hall–Kier alpha value is -0.160. The van der Waals surface area contributed by atoms with Crippen molar-refractivity contribution >= 4 is 28.3 Å². The number of benzene rings is 1. The minimum atomic E-state index is -0.194. The lowest BCUT2D eigenvalue weighted by atomic mass is 10.1. The molecule has 1 saturated heterocycles. The summed E-state index contributed by atoms with van der Waals surface area (Å²) >= 11 is 3.40. The first-order chi connectivity index (χ1) is 7.66. The van der Waals surface area contributed by atoms with Gasteiger partial charge in [0.25, 0.3) is 0 Å². The number of halogens is 3. The van der Waals surface area contributed by atoms with Crippen molar-refractivity contribution in [1.82, 2.24) is 10.2 Å². The molecule has 2 rings (SSSR count). The molecular weight excluding hydrogens is 307 g/mol. The van der Waals surface area contributed by atoms with Gasteiger partial charge in [0.15, 0.2) is 0 Å². The van der Waals surface area contributed by atoms with Crippen molar-refractivity contribution in [3.05, 3.63) is 34.1 Å². The predicted molar refractivity (Wildman–Crippen MR) is 74.1 cm³/mol. The van der Waals surface area contributed by atoms with Gasteiger partial charge in [-0.05, 0) is 37.7 Å². The van der Waals surface area contributed by atoms with E-state index in [0.717, 1.165) is 29.7 Å². The lowest BCUT2D eigenvalue weighted by Crippen LogP contribution is -2.32. The topological polar surface area (TPSA) is 15.3 Å². The molecule has 0 radical (unpaired) electrons. The van der Waals surface area contributed by atoms with Gasteiger partial charge in [-0.15, -0.1) is 12.4 Å². The van der Waals surface area contributed by atoms with E-state index >= 15 is 0 Å². The molecule has 1 aliphatic heterocycles. The zero-order valence-electron chi connectivity index (χ0n) is 9.75. The largest absolute Gasteiger partial charge is 0.315 e. The van der Waals surface area contributed by atoms with Crippen molar-refractivity contribution in [1.29, 1.82) is 0 Å². The summed E-state index contributed by atoms with van der Waals surface area (Å²) < 4.78 is 13.8. The van der Waals surface area contributed by atoms with E-state index in [0.29, 0.717) is 6.04 Å². The maximum absolute atomic E-state index is 12.9. The van der Waals surface area contributed by atoms with Crippen molar-refractivity contribution in [3.8, 4) is 0 Å². The third-order valence-corrected chi connectivity index (χ3v) is 3.83. The Kier molecular flexibility index (Phi) is 5.86. The second-order valence-corrected chi connectivity index (χ2v) is 5.15. The first-order valence-corrected chi connectivity index (χ1v) is 6.31. The van der Waals surface area contributed by atoms with Crippen LogP contribution in [0, 0.1) is 5.82 Å². The third kappa shape index (κ3) is 3.91. The van der Waals surface area contributed by atoms with E-state index in [-0.39, 0.29) is 18.2 Å². The Labute approximate surface area is 116 Å². The molecule has 1 fully saturated rings. The van der Waals surface area contributed by atoms with Crippen LogP contribution in [0.5, 0.6) is 0 Å². The van der Waals surface area contributed by atoms with E-state index in [1.165, 1.54) is 18.6 Å². The van der Waals surface area contributed by atoms with Crippen LogP contribution < -0.4 is 5.32 Å². The van der Waals surface area contributed by atoms with Gasteiger partial charge in [-0.3, -0.25) is 4.90 Å². The van der Waals surface area contributed by atoms with Crippen LogP contribution in [0.25, 0.3) is 0 Å². The van der Waals surface area contributed by atoms with Crippen LogP contribution in [-0.4, -0.2) is 31.1 Å². The van der Waals surface area contributed by atoms with Gasteiger partial charge in [0.2, 0.25) is 0 Å². The molecule has 1 aliphatic rings. The first kappa shape index (κ1) is 14.9. The molecule has 1 N–H and O–H groups in total. The van der Waals surface area contributed by atoms with Gasteiger partial charge in [0.05, 0.1) is 0 Å². The maximum Gasteiger partial charge on any atom is 0.124 e. The Bertz CT molecular complexity index is 370. The summed E-state index contributed by atoms with van der Waals surface area (Å²) in [5.41, 5.74) is 1.14. The Morgan fingerprint density at radius 2 is 2.29 bits per heavy atom. The van der Waals surface area contributed by atoms with Crippen LogP contribution in [0.4, 0.5) is 4.39 Å². The smallest absolute Gasteiger partial charge is 0.124 e. The maximum atomic E-state index is 12.9. The molecule has 0 bridgehead atoms. The average Bonchev–Trinajstić information content (AvgIpc) is 2.75. The average molecular weight is 324 g/mol. The normalized spacial score (nSPS) is 19.4. The summed E-state index contributed by atoms with van der Waals surface area (Å²) in [7, 11) is 2.12. The zero-order chi connectivity index (χ0) is 11.5. The van der Waals surface area contributed by atoms with E-state index < -0.39 is 0 Å². The quantitative estimate of drug-likeness (QED) is 0.920. The van der Waals surface area contributed by atoms with Gasteiger partial charge in [0, 0.05) is 23.6 Å². The van der Waals surface area contributed by atoms with Gasteiger partial charge < -0.3 is 5.32 Å². The molecule has 1 aromatic carbocycles. The number of rotatable bonds is 3. The zero-order valence-corrected chi connectivity index (χ0v) is 12.2. The number of likely N-dealkylation sites (N-methyl/N-ethyl adjacent to an activating group) is 1. The molecule has 0 aliphatic carbocycles. The van der Waals surface area contributed by atoms with Gasteiger partial charge in [-0.25, -0.2) is 4.39 Å². The van der Waals surface area contributed by atoms with E-state index in [1.54, 1.807) is 0 Å². The minimum Gasteiger partial charge on any atom is -0.315 e. The molecule has 2 nitrogen and oxygen atoms in total. The van der Waals surface area contributed by atoms with Crippen molar-refractivity contribution in [3.63, 3.8) is 0 Å². The second kappa shape index (κ2) is 6.69. The van der Waals surface area contributed by atoms with Gasteiger partial charge in [-0.1, -0.05) is 22.0 Å². The van der Waals surface area contributed by atoms with Crippen LogP contribution in [0.1, 0.15) is 12.0 Å².